The van der Waals surface area contributed by atoms with Crippen LogP contribution in [0.25, 0.3) is 0 Å². The van der Waals surface area contributed by atoms with Crippen molar-refractivity contribution in [1.29, 1.82) is 5.26 Å². The highest BCUT2D eigenvalue weighted by Gasteiger charge is 2.72. The van der Waals surface area contributed by atoms with E-state index in [4.69, 9.17) is 16.3 Å². The molecule has 1 fully saturated rings. The van der Waals surface area contributed by atoms with Crippen LogP contribution in [0.1, 0.15) is 18.4 Å². The van der Waals surface area contributed by atoms with Crippen molar-refractivity contribution in [2.24, 2.45) is 5.41 Å². The number of hydrogen-bond donors (Lipinski definition) is 0. The molecule has 0 N–H and O–H groups in total. The van der Waals surface area contributed by atoms with E-state index in [1.54, 1.807) is 13.0 Å². The van der Waals surface area contributed by atoms with Crippen molar-refractivity contribution < 1.29 is 17.5 Å². The summed E-state index contributed by atoms with van der Waals surface area (Å²) in [5.41, 5.74) is -0.767. The molecule has 0 bridgehead atoms. The second-order valence-electron chi connectivity index (χ2n) is 6.24. The SMILES string of the molecule is CCOC[C@]1(C#N)[C@@H](c2cccc(F)c2)[C@@H]1S(=O)(=O)c1ccc(Cl)cc1. The van der Waals surface area contributed by atoms with E-state index in [2.05, 4.69) is 6.07 Å². The molecule has 0 saturated heterocycles. The Morgan fingerprint density at radius 3 is 2.54 bits per heavy atom. The molecule has 0 unspecified atom stereocenters. The first-order chi connectivity index (χ1) is 12.4. The van der Waals surface area contributed by atoms with Gasteiger partial charge >= 0.3 is 0 Å². The molecule has 0 aromatic heterocycles. The Labute approximate surface area is 157 Å². The summed E-state index contributed by atoms with van der Waals surface area (Å²) in [6, 6.07) is 13.7. The molecule has 1 aliphatic carbocycles. The summed E-state index contributed by atoms with van der Waals surface area (Å²) >= 11 is 5.84. The third-order valence-electron chi connectivity index (χ3n) is 4.69. The van der Waals surface area contributed by atoms with Gasteiger partial charge in [-0.1, -0.05) is 23.7 Å². The number of rotatable bonds is 6. The predicted molar refractivity (Wildman–Crippen MR) is 96.1 cm³/mol. The Morgan fingerprint density at radius 1 is 1.27 bits per heavy atom. The van der Waals surface area contributed by atoms with Gasteiger partial charge in [0.2, 0.25) is 0 Å². The van der Waals surface area contributed by atoms with Crippen LogP contribution < -0.4 is 0 Å². The van der Waals surface area contributed by atoms with Crippen LogP contribution in [-0.4, -0.2) is 26.9 Å². The van der Waals surface area contributed by atoms with Crippen molar-refractivity contribution in [3.63, 3.8) is 0 Å². The molecule has 0 amide bonds. The zero-order valence-corrected chi connectivity index (χ0v) is 15.6. The van der Waals surface area contributed by atoms with Crippen molar-refractivity contribution >= 4 is 21.4 Å². The number of benzene rings is 2. The summed E-state index contributed by atoms with van der Waals surface area (Å²) in [4.78, 5) is 0.0851. The largest absolute Gasteiger partial charge is 0.380 e. The standard InChI is InChI=1S/C19H17ClFNO3S/c1-2-25-12-19(11-22)17(13-4-3-5-15(21)10-13)18(19)26(23,24)16-8-6-14(20)7-9-16/h3-10,17-18H,2,12H2,1H3/t17-,18-,19+/m0/s1. The highest BCUT2D eigenvalue weighted by Crippen LogP contribution is 2.64. The summed E-state index contributed by atoms with van der Waals surface area (Å²) in [7, 11) is -3.83. The van der Waals surface area contributed by atoms with Gasteiger partial charge in [-0.15, -0.1) is 0 Å². The maximum absolute atomic E-state index is 13.7. The van der Waals surface area contributed by atoms with Crippen LogP contribution in [0.3, 0.4) is 0 Å². The van der Waals surface area contributed by atoms with Crippen molar-refractivity contribution in [1.82, 2.24) is 0 Å². The molecular weight excluding hydrogens is 377 g/mol. The third-order valence-corrected chi connectivity index (χ3v) is 7.24. The lowest BCUT2D eigenvalue weighted by Crippen LogP contribution is -2.19. The number of nitriles is 1. The first-order valence-electron chi connectivity index (χ1n) is 8.10. The fraction of sp³-hybridized carbons (Fsp3) is 0.316. The van der Waals surface area contributed by atoms with Crippen LogP contribution in [0.2, 0.25) is 5.02 Å². The number of hydrogen-bond acceptors (Lipinski definition) is 4. The van der Waals surface area contributed by atoms with Gasteiger partial charge in [-0.2, -0.15) is 5.26 Å². The molecule has 7 heteroatoms. The smallest absolute Gasteiger partial charge is 0.183 e. The minimum Gasteiger partial charge on any atom is -0.380 e. The lowest BCUT2D eigenvalue weighted by Gasteiger charge is -2.09. The molecule has 2 aromatic rings. The van der Waals surface area contributed by atoms with Crippen LogP contribution in [-0.2, 0) is 14.6 Å². The molecule has 1 aliphatic rings. The van der Waals surface area contributed by atoms with Gasteiger partial charge in [0.1, 0.15) is 11.2 Å². The van der Waals surface area contributed by atoms with Gasteiger partial charge in [-0.3, -0.25) is 0 Å². The van der Waals surface area contributed by atoms with Crippen molar-refractivity contribution in [2.45, 2.75) is 23.0 Å². The van der Waals surface area contributed by atoms with Gasteiger partial charge in [0.15, 0.2) is 9.84 Å². The quantitative estimate of drug-likeness (QED) is 0.744. The average Bonchev–Trinajstić information content (AvgIpc) is 3.31. The zero-order chi connectivity index (χ0) is 18.9. The van der Waals surface area contributed by atoms with Gasteiger partial charge in [0.25, 0.3) is 0 Å². The van der Waals surface area contributed by atoms with Gasteiger partial charge in [-0.25, -0.2) is 12.8 Å². The molecule has 2 aromatic carbocycles. The van der Waals surface area contributed by atoms with Gasteiger partial charge in [0, 0.05) is 17.5 Å². The lowest BCUT2D eigenvalue weighted by atomic mass is 10.0. The Kier molecular flexibility index (Phi) is 5.07. The first kappa shape index (κ1) is 18.8. The lowest BCUT2D eigenvalue weighted by molar-refractivity contribution is 0.117. The zero-order valence-electron chi connectivity index (χ0n) is 14.0. The minimum atomic E-state index is -3.83. The van der Waals surface area contributed by atoms with Crippen LogP contribution in [0.15, 0.2) is 53.4 Å². The second-order valence-corrected chi connectivity index (χ2v) is 8.75. The van der Waals surface area contributed by atoms with E-state index in [0.717, 1.165) is 0 Å². The molecule has 0 radical (unpaired) electrons. The average molecular weight is 394 g/mol. The molecule has 1 saturated carbocycles. The predicted octanol–water partition coefficient (Wildman–Crippen LogP) is 3.97. The molecule has 0 aliphatic heterocycles. The first-order valence-corrected chi connectivity index (χ1v) is 10.0. The molecule has 3 rings (SSSR count). The van der Waals surface area contributed by atoms with Crippen molar-refractivity contribution in [3.8, 4) is 6.07 Å². The molecule has 3 atom stereocenters. The molecule has 0 heterocycles. The summed E-state index contributed by atoms with van der Waals surface area (Å²) in [6.07, 6.45) is 0. The van der Waals surface area contributed by atoms with E-state index < -0.39 is 32.2 Å². The fourth-order valence-electron chi connectivity index (χ4n) is 3.41. The molecule has 26 heavy (non-hydrogen) atoms. The van der Waals surface area contributed by atoms with E-state index in [0.29, 0.717) is 17.2 Å². The third kappa shape index (κ3) is 3.11. The maximum atomic E-state index is 13.7. The van der Waals surface area contributed by atoms with Gasteiger partial charge < -0.3 is 4.74 Å². The van der Waals surface area contributed by atoms with Crippen molar-refractivity contribution in [3.05, 3.63) is 64.9 Å². The van der Waals surface area contributed by atoms with Crippen LogP contribution in [0.4, 0.5) is 4.39 Å². The Bertz CT molecular complexity index is 955. The normalized spacial score (nSPS) is 24.8. The van der Waals surface area contributed by atoms with Gasteiger partial charge in [-0.05, 0) is 48.9 Å². The van der Waals surface area contributed by atoms with Crippen molar-refractivity contribution in [2.75, 3.05) is 13.2 Å². The topological polar surface area (TPSA) is 67.2 Å². The Hall–Kier alpha value is -1.94. The summed E-state index contributed by atoms with van der Waals surface area (Å²) < 4.78 is 45.4. The maximum Gasteiger partial charge on any atom is 0.183 e. The number of ether oxygens (including phenoxy) is 1. The van der Waals surface area contributed by atoms with E-state index in [9.17, 15) is 18.1 Å². The summed E-state index contributed by atoms with van der Waals surface area (Å²) in [5, 5.41) is 9.21. The molecule has 0 spiro atoms. The van der Waals surface area contributed by atoms with E-state index in [1.165, 1.54) is 42.5 Å². The van der Waals surface area contributed by atoms with E-state index in [-0.39, 0.29) is 11.5 Å². The van der Waals surface area contributed by atoms with Gasteiger partial charge in [0.05, 0.1) is 22.8 Å². The second kappa shape index (κ2) is 6.99. The molecule has 136 valence electrons. The summed E-state index contributed by atoms with van der Waals surface area (Å²) in [5.74, 6) is -1.13. The number of nitrogens with zero attached hydrogens (tertiary/aromatic N) is 1. The molecule has 4 nitrogen and oxygen atoms in total. The Balaban J connectivity index is 2.07. The van der Waals surface area contributed by atoms with E-state index >= 15 is 0 Å². The fourth-order valence-corrected chi connectivity index (χ4v) is 5.85. The highest BCUT2D eigenvalue weighted by molar-refractivity contribution is 7.92. The molecular formula is C19H17ClFNO3S. The monoisotopic (exact) mass is 393 g/mol. The van der Waals surface area contributed by atoms with Crippen LogP contribution in [0, 0.1) is 22.6 Å². The Morgan fingerprint density at radius 2 is 1.96 bits per heavy atom. The van der Waals surface area contributed by atoms with E-state index in [1.807, 2.05) is 0 Å². The number of halogens is 2. The minimum absolute atomic E-state index is 0.0291. The highest BCUT2D eigenvalue weighted by atomic mass is 35.5. The summed E-state index contributed by atoms with van der Waals surface area (Å²) in [6.45, 7) is 2.10. The number of sulfone groups is 1. The van der Waals surface area contributed by atoms with Crippen LogP contribution in [0.5, 0.6) is 0 Å². The van der Waals surface area contributed by atoms with Crippen LogP contribution >= 0.6 is 11.6 Å².